The van der Waals surface area contributed by atoms with Gasteiger partial charge in [0.2, 0.25) is 0 Å². The number of ketones is 1. The Labute approximate surface area is 293 Å². The number of likely N-dealkylation sites (tertiary alicyclic amines) is 2. The van der Waals surface area contributed by atoms with Crippen molar-refractivity contribution < 1.29 is 49.1 Å². The van der Waals surface area contributed by atoms with Crippen LogP contribution in [0, 0.1) is 0 Å². The van der Waals surface area contributed by atoms with Crippen LogP contribution >= 0.6 is 11.3 Å². The molecule has 0 saturated carbocycles. The van der Waals surface area contributed by atoms with Crippen LogP contribution in [0.2, 0.25) is 0 Å². The molecule has 264 valence electrons. The summed E-state index contributed by atoms with van der Waals surface area (Å²) in [5, 5.41) is 30.6. The van der Waals surface area contributed by atoms with E-state index in [4.69, 9.17) is 44.3 Å². The van der Waals surface area contributed by atoms with Gasteiger partial charge in [-0.3, -0.25) is 9.69 Å². The van der Waals surface area contributed by atoms with Crippen molar-refractivity contribution in [1.29, 1.82) is 0 Å². The molecule has 4 aromatic rings. The van der Waals surface area contributed by atoms with Crippen LogP contribution in [0.15, 0.2) is 72.8 Å². The number of carbonyl (C=O) groups excluding carboxylic acids is 1. The number of thiophene rings is 1. The molecule has 3 heterocycles. The predicted octanol–water partition coefficient (Wildman–Crippen LogP) is 5.22. The lowest BCUT2D eigenvalue weighted by Crippen LogP contribution is -2.25. The SMILES string of the molecule is O=C(O)C(=O)O.O=C(O)C(=O)O.O=C(c1ccc(CCN2CCCC2)cc1)c1c(-c2ccc(OCCN3CCCC3)cc2)sc2ccccc12. The summed E-state index contributed by atoms with van der Waals surface area (Å²) in [7, 11) is 0. The zero-order valence-electron chi connectivity index (χ0n) is 27.5. The Balaban J connectivity index is 0.000000404. The summed E-state index contributed by atoms with van der Waals surface area (Å²) in [6.07, 6.45) is 6.27. The van der Waals surface area contributed by atoms with Crippen molar-refractivity contribution in [3.05, 3.63) is 89.5 Å². The van der Waals surface area contributed by atoms with E-state index in [1.54, 1.807) is 11.3 Å². The second kappa shape index (κ2) is 18.6. The monoisotopic (exact) mass is 704 g/mol. The van der Waals surface area contributed by atoms with Crippen LogP contribution in [0.4, 0.5) is 0 Å². The minimum Gasteiger partial charge on any atom is -0.492 e. The maximum Gasteiger partial charge on any atom is 0.414 e. The van der Waals surface area contributed by atoms with Gasteiger partial charge in [0.15, 0.2) is 5.78 Å². The highest BCUT2D eigenvalue weighted by atomic mass is 32.1. The number of carbonyl (C=O) groups is 5. The number of fused-ring (bicyclic) bond motifs is 1. The topological polar surface area (TPSA) is 182 Å². The van der Waals surface area contributed by atoms with E-state index < -0.39 is 23.9 Å². The van der Waals surface area contributed by atoms with E-state index in [-0.39, 0.29) is 5.78 Å². The summed E-state index contributed by atoms with van der Waals surface area (Å²) in [6, 6.07) is 24.8. The molecule has 0 aliphatic carbocycles. The van der Waals surface area contributed by atoms with E-state index in [0.717, 1.165) is 56.9 Å². The van der Waals surface area contributed by atoms with E-state index >= 15 is 0 Å². The second-order valence-electron chi connectivity index (χ2n) is 11.8. The molecule has 0 spiro atoms. The highest BCUT2D eigenvalue weighted by Gasteiger charge is 2.22. The van der Waals surface area contributed by atoms with Gasteiger partial charge in [-0.25, -0.2) is 19.2 Å². The molecule has 0 amide bonds. The minimum absolute atomic E-state index is 0.0921. The van der Waals surface area contributed by atoms with Crippen molar-refractivity contribution in [2.24, 2.45) is 0 Å². The quantitative estimate of drug-likeness (QED) is 0.125. The molecule has 6 rings (SSSR count). The molecule has 2 aliphatic heterocycles. The maximum atomic E-state index is 13.9. The van der Waals surface area contributed by atoms with Gasteiger partial charge in [0.1, 0.15) is 12.4 Å². The van der Waals surface area contributed by atoms with Crippen LogP contribution in [0.25, 0.3) is 20.5 Å². The smallest absolute Gasteiger partial charge is 0.414 e. The number of ether oxygens (including phenoxy) is 1. The Hall–Kier alpha value is -5.11. The number of aliphatic carboxylic acids is 4. The highest BCUT2D eigenvalue weighted by Crippen LogP contribution is 2.40. The number of hydrogen-bond donors (Lipinski definition) is 4. The fraction of sp³-hybridized carbons (Fsp3) is 0.324. The number of rotatable bonds is 10. The minimum atomic E-state index is -1.82. The zero-order valence-corrected chi connectivity index (χ0v) is 28.3. The fourth-order valence-corrected chi connectivity index (χ4v) is 6.94. The Morgan fingerprint density at radius 2 is 1.16 bits per heavy atom. The first kappa shape index (κ1) is 37.7. The number of carboxylic acids is 4. The molecule has 0 radical (unpaired) electrons. The molecule has 4 N–H and O–H groups in total. The molecular weight excluding hydrogens is 664 g/mol. The molecule has 0 atom stereocenters. The van der Waals surface area contributed by atoms with Gasteiger partial charge in [0, 0.05) is 39.2 Å². The molecule has 12 nitrogen and oxygen atoms in total. The lowest BCUT2D eigenvalue weighted by Gasteiger charge is -2.15. The van der Waals surface area contributed by atoms with Crippen molar-refractivity contribution in [3.63, 3.8) is 0 Å². The first-order valence-corrected chi connectivity index (χ1v) is 17.1. The first-order valence-electron chi connectivity index (χ1n) is 16.3. The van der Waals surface area contributed by atoms with Crippen molar-refractivity contribution in [2.45, 2.75) is 32.1 Å². The molecular formula is C37H40N2O10S. The van der Waals surface area contributed by atoms with Crippen molar-refractivity contribution >= 4 is 51.1 Å². The van der Waals surface area contributed by atoms with Crippen LogP contribution in [-0.2, 0) is 25.6 Å². The normalized spacial score (nSPS) is 14.2. The Morgan fingerprint density at radius 1 is 0.640 bits per heavy atom. The molecule has 50 heavy (non-hydrogen) atoms. The van der Waals surface area contributed by atoms with E-state index in [1.165, 1.54) is 57.4 Å². The second-order valence-corrected chi connectivity index (χ2v) is 12.8. The molecule has 0 unspecified atom stereocenters. The summed E-state index contributed by atoms with van der Waals surface area (Å²) in [5.41, 5.74) is 3.91. The lowest BCUT2D eigenvalue weighted by molar-refractivity contribution is -0.159. The largest absolute Gasteiger partial charge is 0.492 e. The van der Waals surface area contributed by atoms with Gasteiger partial charge in [0.05, 0.1) is 0 Å². The van der Waals surface area contributed by atoms with Gasteiger partial charge in [-0.05, 0) is 99.7 Å². The Kier molecular flexibility index (Phi) is 14.0. The third-order valence-electron chi connectivity index (χ3n) is 8.31. The van der Waals surface area contributed by atoms with E-state index in [1.807, 2.05) is 36.4 Å². The Morgan fingerprint density at radius 3 is 1.70 bits per heavy atom. The average Bonchev–Trinajstić information content (AvgIpc) is 3.90. The summed E-state index contributed by atoms with van der Waals surface area (Å²) in [4.78, 5) is 56.3. The summed E-state index contributed by atoms with van der Waals surface area (Å²) in [6.45, 7) is 7.60. The van der Waals surface area contributed by atoms with Gasteiger partial charge in [-0.1, -0.05) is 42.5 Å². The van der Waals surface area contributed by atoms with Gasteiger partial charge < -0.3 is 30.1 Å². The average molecular weight is 705 g/mol. The summed E-state index contributed by atoms with van der Waals surface area (Å²) in [5.74, 6) is -6.32. The van der Waals surface area contributed by atoms with Crippen LogP contribution in [0.1, 0.15) is 47.2 Å². The fourth-order valence-electron chi connectivity index (χ4n) is 5.74. The van der Waals surface area contributed by atoms with Crippen molar-refractivity contribution in [3.8, 4) is 16.2 Å². The van der Waals surface area contributed by atoms with Crippen molar-refractivity contribution in [1.82, 2.24) is 9.80 Å². The molecule has 2 saturated heterocycles. The molecule has 0 bridgehead atoms. The molecule has 1 aromatic heterocycles. The lowest BCUT2D eigenvalue weighted by atomic mass is 9.96. The first-order chi connectivity index (χ1) is 24.0. The molecule has 13 heteroatoms. The van der Waals surface area contributed by atoms with E-state index in [0.29, 0.717) is 6.61 Å². The predicted molar refractivity (Wildman–Crippen MR) is 188 cm³/mol. The standard InChI is InChI=1S/C33H36N2O2S.2C2H2O4/c36-32(26-11-9-25(10-12-26)17-22-34-18-3-4-19-34)31-29-7-1-2-8-30(29)38-33(31)27-13-15-28(16-14-27)37-24-23-35-20-5-6-21-35;2*3-1(4)2(5)6/h1-2,7-16H,3-6,17-24H2;2*(H,3,4)(H,5,6). The Bertz CT molecular complexity index is 1730. The third-order valence-corrected chi connectivity index (χ3v) is 9.53. The number of nitrogens with zero attached hydrogens (tertiary/aromatic N) is 2. The number of hydrogen-bond acceptors (Lipinski definition) is 9. The summed E-state index contributed by atoms with van der Waals surface area (Å²) >= 11 is 1.69. The van der Waals surface area contributed by atoms with Crippen LogP contribution < -0.4 is 4.74 Å². The molecule has 3 aromatic carbocycles. The van der Waals surface area contributed by atoms with Crippen molar-refractivity contribution in [2.75, 3.05) is 45.9 Å². The number of benzene rings is 3. The van der Waals surface area contributed by atoms with Gasteiger partial charge in [0.25, 0.3) is 0 Å². The molecule has 2 aliphatic rings. The zero-order chi connectivity index (χ0) is 36.0. The maximum absolute atomic E-state index is 13.9. The highest BCUT2D eigenvalue weighted by molar-refractivity contribution is 7.22. The van der Waals surface area contributed by atoms with E-state index in [9.17, 15) is 4.79 Å². The molecule has 2 fully saturated rings. The van der Waals surface area contributed by atoms with Crippen LogP contribution in [0.5, 0.6) is 5.75 Å². The van der Waals surface area contributed by atoms with Gasteiger partial charge in [-0.15, -0.1) is 11.3 Å². The van der Waals surface area contributed by atoms with Gasteiger partial charge >= 0.3 is 23.9 Å². The van der Waals surface area contributed by atoms with Crippen LogP contribution in [0.3, 0.4) is 0 Å². The number of carboxylic acid groups (broad SMARTS) is 4. The third kappa shape index (κ3) is 11.0. The van der Waals surface area contributed by atoms with Crippen LogP contribution in [-0.4, -0.2) is 106 Å². The van der Waals surface area contributed by atoms with Gasteiger partial charge in [-0.2, -0.15) is 0 Å². The van der Waals surface area contributed by atoms with E-state index in [2.05, 4.69) is 46.2 Å². The summed E-state index contributed by atoms with van der Waals surface area (Å²) < 4.78 is 7.16.